The molecule has 86 valence electrons. The molecule has 1 N–H and O–H groups in total. The van der Waals surface area contributed by atoms with Gasteiger partial charge in [0.15, 0.2) is 0 Å². The van der Waals surface area contributed by atoms with Gasteiger partial charge in [-0.3, -0.25) is 0 Å². The number of nitrogens with one attached hydrogen (secondary N) is 1. The first kappa shape index (κ1) is 12.1. The Balaban J connectivity index is 3.08. The minimum Gasteiger partial charge on any atom is -0.375 e. The van der Waals surface area contributed by atoms with Crippen LogP contribution >= 0.6 is 0 Å². The molecule has 0 aliphatic rings. The van der Waals surface area contributed by atoms with E-state index in [1.807, 2.05) is 18.7 Å². The largest absolute Gasteiger partial charge is 0.375 e. The van der Waals surface area contributed by atoms with Gasteiger partial charge in [-0.25, -0.2) is 4.68 Å². The maximum absolute atomic E-state index is 5.34. The van der Waals surface area contributed by atoms with Gasteiger partial charge in [0.1, 0.15) is 5.69 Å². The molecule has 0 aromatic carbocycles. The summed E-state index contributed by atoms with van der Waals surface area (Å²) in [5.41, 5.74) is 2.02. The molecule has 5 nitrogen and oxygen atoms in total. The highest BCUT2D eigenvalue weighted by molar-refractivity contribution is 5.13. The number of nitrogens with zero attached hydrogens (tertiary/aromatic N) is 3. The molecule has 0 aliphatic carbocycles. The van der Waals surface area contributed by atoms with E-state index >= 15 is 0 Å². The molecule has 1 rings (SSSR count). The lowest BCUT2D eigenvalue weighted by atomic mass is 10.2. The Morgan fingerprint density at radius 1 is 1.40 bits per heavy atom. The van der Waals surface area contributed by atoms with Gasteiger partial charge in [0.25, 0.3) is 0 Å². The zero-order chi connectivity index (χ0) is 11.4. The van der Waals surface area contributed by atoms with Crippen LogP contribution in [0.2, 0.25) is 0 Å². The summed E-state index contributed by atoms with van der Waals surface area (Å²) in [5, 5.41) is 11.4. The molecule has 0 saturated heterocycles. The van der Waals surface area contributed by atoms with Gasteiger partial charge in [-0.1, -0.05) is 5.21 Å². The summed E-state index contributed by atoms with van der Waals surface area (Å²) < 4.78 is 7.26. The molecule has 0 amide bonds. The Hall–Kier alpha value is -0.940. The van der Waals surface area contributed by atoms with Crippen molar-refractivity contribution in [3.63, 3.8) is 0 Å². The maximum atomic E-state index is 5.34. The third-order valence-corrected chi connectivity index (χ3v) is 2.38. The van der Waals surface area contributed by atoms with Crippen LogP contribution in [0.4, 0.5) is 0 Å². The van der Waals surface area contributed by atoms with Crippen molar-refractivity contribution >= 4 is 0 Å². The number of hydrogen-bond donors (Lipinski definition) is 1. The van der Waals surface area contributed by atoms with E-state index in [4.69, 9.17) is 4.74 Å². The predicted octanol–water partition coefficient (Wildman–Crippen LogP) is 1.29. The predicted molar refractivity (Wildman–Crippen MR) is 58.6 cm³/mol. The van der Waals surface area contributed by atoms with Gasteiger partial charge in [0.2, 0.25) is 0 Å². The lowest BCUT2D eigenvalue weighted by Crippen LogP contribution is -2.14. The quantitative estimate of drug-likeness (QED) is 0.799. The average Bonchev–Trinajstić information content (AvgIpc) is 2.61. The lowest BCUT2D eigenvalue weighted by molar-refractivity contribution is 0.109. The standard InChI is InChI=1S/C10H20N4O/c1-7(2)14-10(8(3)15-5)9(6-11-4)12-13-14/h7-8,11H,6H2,1-5H3. The van der Waals surface area contributed by atoms with Gasteiger partial charge < -0.3 is 10.1 Å². The Kier molecular flexibility index (Phi) is 4.23. The van der Waals surface area contributed by atoms with Gasteiger partial charge >= 0.3 is 0 Å². The van der Waals surface area contributed by atoms with E-state index in [1.54, 1.807) is 7.11 Å². The number of ether oxygens (including phenoxy) is 1. The van der Waals surface area contributed by atoms with Crippen molar-refractivity contribution in [1.82, 2.24) is 20.3 Å². The van der Waals surface area contributed by atoms with Crippen LogP contribution in [0.3, 0.4) is 0 Å². The lowest BCUT2D eigenvalue weighted by Gasteiger charge is -2.15. The van der Waals surface area contributed by atoms with Crippen molar-refractivity contribution in [2.24, 2.45) is 0 Å². The molecule has 1 atom stereocenters. The van der Waals surface area contributed by atoms with Crippen LogP contribution in [0.1, 0.15) is 44.3 Å². The summed E-state index contributed by atoms with van der Waals surface area (Å²) in [6.07, 6.45) is 0.0192. The van der Waals surface area contributed by atoms with Crippen LogP contribution in [-0.4, -0.2) is 29.2 Å². The summed E-state index contributed by atoms with van der Waals surface area (Å²) in [6, 6.07) is 0.302. The number of hydrogen-bond acceptors (Lipinski definition) is 4. The highest BCUT2D eigenvalue weighted by Gasteiger charge is 2.19. The molecule has 5 heteroatoms. The van der Waals surface area contributed by atoms with Gasteiger partial charge in [-0.05, 0) is 27.8 Å². The van der Waals surface area contributed by atoms with E-state index in [1.165, 1.54) is 0 Å². The third kappa shape index (κ3) is 2.54. The molecule has 1 heterocycles. The van der Waals surface area contributed by atoms with E-state index < -0.39 is 0 Å². The van der Waals surface area contributed by atoms with Crippen LogP contribution in [0.5, 0.6) is 0 Å². The van der Waals surface area contributed by atoms with Crippen molar-refractivity contribution in [3.05, 3.63) is 11.4 Å². The van der Waals surface area contributed by atoms with Gasteiger partial charge in [-0.15, -0.1) is 5.10 Å². The molecule has 0 aliphatic heterocycles. The summed E-state index contributed by atoms with van der Waals surface area (Å²) in [4.78, 5) is 0. The SMILES string of the molecule is CNCc1nnn(C(C)C)c1C(C)OC. The minimum absolute atomic E-state index is 0.0192. The Bertz CT molecular complexity index is 308. The summed E-state index contributed by atoms with van der Waals surface area (Å²) in [7, 11) is 3.60. The van der Waals surface area contributed by atoms with Crippen molar-refractivity contribution in [2.75, 3.05) is 14.2 Å². The van der Waals surface area contributed by atoms with Gasteiger partial charge in [-0.2, -0.15) is 0 Å². The van der Waals surface area contributed by atoms with E-state index in [-0.39, 0.29) is 6.10 Å². The van der Waals surface area contributed by atoms with Crippen molar-refractivity contribution < 1.29 is 4.74 Å². The second-order valence-electron chi connectivity index (χ2n) is 3.87. The van der Waals surface area contributed by atoms with E-state index in [9.17, 15) is 0 Å². The molecular formula is C10H20N4O. The Labute approximate surface area is 90.8 Å². The molecule has 0 saturated carbocycles. The normalized spacial score (nSPS) is 13.5. The average molecular weight is 212 g/mol. The number of rotatable bonds is 5. The van der Waals surface area contributed by atoms with Crippen molar-refractivity contribution in [2.45, 2.75) is 39.5 Å². The van der Waals surface area contributed by atoms with Crippen LogP contribution in [-0.2, 0) is 11.3 Å². The Morgan fingerprint density at radius 2 is 2.07 bits per heavy atom. The molecular weight excluding hydrogens is 192 g/mol. The molecule has 0 fully saturated rings. The first-order valence-electron chi connectivity index (χ1n) is 5.23. The van der Waals surface area contributed by atoms with E-state index in [0.717, 1.165) is 17.9 Å². The third-order valence-electron chi connectivity index (χ3n) is 2.38. The fourth-order valence-corrected chi connectivity index (χ4v) is 1.54. The fraction of sp³-hybridized carbons (Fsp3) is 0.800. The zero-order valence-corrected chi connectivity index (χ0v) is 10.1. The summed E-state index contributed by atoms with van der Waals surface area (Å²) in [5.74, 6) is 0. The monoisotopic (exact) mass is 212 g/mol. The fourth-order valence-electron chi connectivity index (χ4n) is 1.54. The Morgan fingerprint density at radius 3 is 2.53 bits per heavy atom. The molecule has 0 bridgehead atoms. The van der Waals surface area contributed by atoms with E-state index in [2.05, 4.69) is 29.5 Å². The van der Waals surface area contributed by atoms with Crippen molar-refractivity contribution in [1.29, 1.82) is 0 Å². The molecule has 1 unspecified atom stereocenters. The first-order chi connectivity index (χ1) is 7.11. The summed E-state index contributed by atoms with van der Waals surface area (Å²) >= 11 is 0. The number of methoxy groups -OCH3 is 1. The zero-order valence-electron chi connectivity index (χ0n) is 10.1. The highest BCUT2D eigenvalue weighted by atomic mass is 16.5. The van der Waals surface area contributed by atoms with E-state index in [0.29, 0.717) is 6.04 Å². The maximum Gasteiger partial charge on any atom is 0.102 e. The molecule has 1 aromatic heterocycles. The van der Waals surface area contributed by atoms with Crippen molar-refractivity contribution in [3.8, 4) is 0 Å². The van der Waals surface area contributed by atoms with Gasteiger partial charge in [0.05, 0.1) is 11.8 Å². The molecule has 0 spiro atoms. The van der Waals surface area contributed by atoms with Crippen LogP contribution in [0, 0.1) is 0 Å². The molecule has 0 radical (unpaired) electrons. The van der Waals surface area contributed by atoms with Gasteiger partial charge in [0, 0.05) is 19.7 Å². The number of aromatic nitrogens is 3. The molecule has 1 aromatic rings. The molecule has 15 heavy (non-hydrogen) atoms. The minimum atomic E-state index is 0.0192. The van der Waals surface area contributed by atoms with Crippen LogP contribution < -0.4 is 5.32 Å². The first-order valence-corrected chi connectivity index (χ1v) is 5.23. The second-order valence-corrected chi connectivity index (χ2v) is 3.87. The smallest absolute Gasteiger partial charge is 0.102 e. The second kappa shape index (κ2) is 5.23. The topological polar surface area (TPSA) is 52.0 Å². The van der Waals surface area contributed by atoms with Crippen LogP contribution in [0.25, 0.3) is 0 Å². The summed E-state index contributed by atoms with van der Waals surface area (Å²) in [6.45, 7) is 6.90. The van der Waals surface area contributed by atoms with Crippen LogP contribution in [0.15, 0.2) is 0 Å². The highest BCUT2D eigenvalue weighted by Crippen LogP contribution is 2.21.